The van der Waals surface area contributed by atoms with Gasteiger partial charge in [0.25, 0.3) is 0 Å². The van der Waals surface area contributed by atoms with E-state index in [4.69, 9.17) is 10.2 Å². The van der Waals surface area contributed by atoms with Gasteiger partial charge in [0.1, 0.15) is 0 Å². The third-order valence-electron chi connectivity index (χ3n) is 3.49. The van der Waals surface area contributed by atoms with E-state index in [-0.39, 0.29) is 0 Å². The van der Waals surface area contributed by atoms with E-state index in [1.54, 1.807) is 12.4 Å². The monoisotopic (exact) mass is 244 g/mol. The van der Waals surface area contributed by atoms with Gasteiger partial charge in [0.2, 0.25) is 11.8 Å². The van der Waals surface area contributed by atoms with Crippen LogP contribution in [0, 0.1) is 0 Å². The number of nitrogens with zero attached hydrogens (tertiary/aromatic N) is 3. The van der Waals surface area contributed by atoms with Gasteiger partial charge in [0.05, 0.1) is 0 Å². The highest BCUT2D eigenvalue weighted by molar-refractivity contribution is 5.50. The molecule has 0 radical (unpaired) electrons. The zero-order valence-electron chi connectivity index (χ0n) is 10.1. The first kappa shape index (κ1) is 11.3. The largest absolute Gasteiger partial charge is 0.420 e. The fourth-order valence-corrected chi connectivity index (χ4v) is 2.38. The molecule has 0 atom stereocenters. The van der Waals surface area contributed by atoms with Crippen molar-refractivity contribution in [3.63, 3.8) is 0 Å². The van der Waals surface area contributed by atoms with E-state index in [0.29, 0.717) is 17.9 Å². The standard InChI is InChI=1S/C13H16N4O/c14-11-3-1-9(2-4-11)12-16-17-13(18-12)10-5-7-15-8-6-10/h5-9,11H,1-4,14H2/t9-,11-. The molecule has 0 bridgehead atoms. The van der Waals surface area contributed by atoms with E-state index in [1.807, 2.05) is 12.1 Å². The Labute approximate surface area is 105 Å². The molecule has 18 heavy (non-hydrogen) atoms. The molecular weight excluding hydrogens is 228 g/mol. The molecule has 2 aromatic rings. The fourth-order valence-electron chi connectivity index (χ4n) is 2.38. The molecule has 5 heteroatoms. The third-order valence-corrected chi connectivity index (χ3v) is 3.49. The maximum absolute atomic E-state index is 5.90. The summed E-state index contributed by atoms with van der Waals surface area (Å²) in [6.45, 7) is 0. The Morgan fingerprint density at radius 2 is 1.78 bits per heavy atom. The summed E-state index contributed by atoms with van der Waals surface area (Å²) in [7, 11) is 0. The van der Waals surface area contributed by atoms with E-state index >= 15 is 0 Å². The lowest BCUT2D eigenvalue weighted by Gasteiger charge is -2.23. The van der Waals surface area contributed by atoms with Crippen LogP contribution >= 0.6 is 0 Å². The predicted molar refractivity (Wildman–Crippen MR) is 66.7 cm³/mol. The number of pyridine rings is 1. The van der Waals surface area contributed by atoms with Crippen LogP contribution in [-0.4, -0.2) is 21.2 Å². The Hall–Kier alpha value is -1.75. The molecule has 0 spiro atoms. The summed E-state index contributed by atoms with van der Waals surface area (Å²) in [6.07, 6.45) is 7.60. The first-order chi connectivity index (χ1) is 8.83. The van der Waals surface area contributed by atoms with Crippen LogP contribution in [0.3, 0.4) is 0 Å². The Morgan fingerprint density at radius 3 is 2.50 bits per heavy atom. The molecule has 5 nitrogen and oxygen atoms in total. The molecule has 0 aliphatic heterocycles. The minimum absolute atomic E-state index is 0.337. The number of nitrogens with two attached hydrogens (primary N) is 1. The number of hydrogen-bond acceptors (Lipinski definition) is 5. The van der Waals surface area contributed by atoms with Gasteiger partial charge in [-0.05, 0) is 37.8 Å². The molecule has 0 aromatic carbocycles. The highest BCUT2D eigenvalue weighted by atomic mass is 16.4. The van der Waals surface area contributed by atoms with Crippen LogP contribution in [0.15, 0.2) is 28.9 Å². The molecule has 3 rings (SSSR count). The van der Waals surface area contributed by atoms with Crippen molar-refractivity contribution in [1.29, 1.82) is 0 Å². The molecule has 0 saturated heterocycles. The van der Waals surface area contributed by atoms with Gasteiger partial charge in [-0.2, -0.15) is 0 Å². The Bertz CT molecular complexity index is 503. The molecule has 2 N–H and O–H groups in total. The zero-order chi connectivity index (χ0) is 12.4. The zero-order valence-corrected chi connectivity index (χ0v) is 10.1. The van der Waals surface area contributed by atoms with E-state index in [2.05, 4.69) is 15.2 Å². The summed E-state index contributed by atoms with van der Waals surface area (Å²) in [4.78, 5) is 3.97. The van der Waals surface area contributed by atoms with Gasteiger partial charge in [-0.15, -0.1) is 10.2 Å². The quantitative estimate of drug-likeness (QED) is 0.875. The highest BCUT2D eigenvalue weighted by Crippen LogP contribution is 2.32. The second-order valence-electron chi connectivity index (χ2n) is 4.79. The summed E-state index contributed by atoms with van der Waals surface area (Å²) in [5.74, 6) is 1.68. The Morgan fingerprint density at radius 1 is 1.06 bits per heavy atom. The summed E-state index contributed by atoms with van der Waals surface area (Å²) >= 11 is 0. The molecule has 0 unspecified atom stereocenters. The van der Waals surface area contributed by atoms with Crippen molar-refractivity contribution in [1.82, 2.24) is 15.2 Å². The second-order valence-corrected chi connectivity index (χ2v) is 4.79. The molecule has 2 heterocycles. The van der Waals surface area contributed by atoms with Gasteiger partial charge in [-0.1, -0.05) is 0 Å². The Balaban J connectivity index is 1.78. The van der Waals surface area contributed by atoms with Crippen LogP contribution in [0.1, 0.15) is 37.5 Å². The summed E-state index contributed by atoms with van der Waals surface area (Å²) < 4.78 is 5.75. The van der Waals surface area contributed by atoms with Crippen molar-refractivity contribution in [2.45, 2.75) is 37.6 Å². The molecule has 1 aliphatic carbocycles. The van der Waals surface area contributed by atoms with Gasteiger partial charge in [0, 0.05) is 29.9 Å². The number of hydrogen-bond donors (Lipinski definition) is 1. The van der Waals surface area contributed by atoms with Crippen LogP contribution in [0.2, 0.25) is 0 Å². The Kier molecular flexibility index (Phi) is 3.06. The van der Waals surface area contributed by atoms with Crippen molar-refractivity contribution in [3.8, 4) is 11.5 Å². The van der Waals surface area contributed by atoms with Crippen molar-refractivity contribution >= 4 is 0 Å². The van der Waals surface area contributed by atoms with Gasteiger partial charge >= 0.3 is 0 Å². The van der Waals surface area contributed by atoms with Crippen LogP contribution in [0.5, 0.6) is 0 Å². The molecule has 1 saturated carbocycles. The fraction of sp³-hybridized carbons (Fsp3) is 0.462. The lowest BCUT2D eigenvalue weighted by molar-refractivity contribution is 0.341. The average Bonchev–Trinajstić information content (AvgIpc) is 2.90. The van der Waals surface area contributed by atoms with E-state index in [0.717, 1.165) is 37.1 Å². The smallest absolute Gasteiger partial charge is 0.247 e. The normalized spacial score (nSPS) is 24.1. The minimum atomic E-state index is 0.337. The summed E-state index contributed by atoms with van der Waals surface area (Å²) in [5, 5.41) is 8.27. The SMILES string of the molecule is N[C@H]1CC[C@H](c2nnc(-c3ccncc3)o2)CC1. The molecule has 1 aliphatic rings. The maximum Gasteiger partial charge on any atom is 0.247 e. The maximum atomic E-state index is 5.90. The van der Waals surface area contributed by atoms with Crippen LogP contribution in [0.4, 0.5) is 0 Å². The van der Waals surface area contributed by atoms with Crippen molar-refractivity contribution in [2.24, 2.45) is 5.73 Å². The number of aromatic nitrogens is 3. The highest BCUT2D eigenvalue weighted by Gasteiger charge is 2.24. The first-order valence-electron chi connectivity index (χ1n) is 6.32. The van der Waals surface area contributed by atoms with Crippen LogP contribution < -0.4 is 5.73 Å². The third kappa shape index (κ3) is 2.26. The molecular formula is C13H16N4O. The predicted octanol–water partition coefficient (Wildman–Crippen LogP) is 2.12. The van der Waals surface area contributed by atoms with Crippen molar-refractivity contribution < 1.29 is 4.42 Å². The van der Waals surface area contributed by atoms with Crippen molar-refractivity contribution in [2.75, 3.05) is 0 Å². The van der Waals surface area contributed by atoms with Gasteiger partial charge in [-0.25, -0.2) is 0 Å². The lowest BCUT2D eigenvalue weighted by Crippen LogP contribution is -2.25. The molecule has 94 valence electrons. The van der Waals surface area contributed by atoms with E-state index in [1.165, 1.54) is 0 Å². The number of rotatable bonds is 2. The van der Waals surface area contributed by atoms with E-state index < -0.39 is 0 Å². The van der Waals surface area contributed by atoms with Crippen LogP contribution in [0.25, 0.3) is 11.5 Å². The van der Waals surface area contributed by atoms with Gasteiger partial charge in [0.15, 0.2) is 0 Å². The minimum Gasteiger partial charge on any atom is -0.420 e. The summed E-state index contributed by atoms with van der Waals surface area (Å²) in [6, 6.07) is 4.08. The average molecular weight is 244 g/mol. The second kappa shape index (κ2) is 4.86. The van der Waals surface area contributed by atoms with Crippen molar-refractivity contribution in [3.05, 3.63) is 30.4 Å². The summed E-state index contributed by atoms with van der Waals surface area (Å²) in [5.41, 5.74) is 6.81. The van der Waals surface area contributed by atoms with Crippen LogP contribution in [-0.2, 0) is 0 Å². The van der Waals surface area contributed by atoms with Gasteiger partial charge < -0.3 is 10.2 Å². The molecule has 2 aromatic heterocycles. The topological polar surface area (TPSA) is 77.8 Å². The molecule has 1 fully saturated rings. The first-order valence-corrected chi connectivity index (χ1v) is 6.32. The molecule has 0 amide bonds. The lowest BCUT2D eigenvalue weighted by atomic mass is 9.86. The van der Waals surface area contributed by atoms with E-state index in [9.17, 15) is 0 Å². The van der Waals surface area contributed by atoms with Gasteiger partial charge in [-0.3, -0.25) is 4.98 Å².